The lowest BCUT2D eigenvalue weighted by molar-refractivity contribution is -0.384. The van der Waals surface area contributed by atoms with Gasteiger partial charge in [0.1, 0.15) is 0 Å². The van der Waals surface area contributed by atoms with Crippen molar-refractivity contribution in [2.45, 2.75) is 38.6 Å². The molecule has 0 atom stereocenters. The number of nitrogens with one attached hydrogen (secondary N) is 1. The molecule has 0 aliphatic heterocycles. The summed E-state index contributed by atoms with van der Waals surface area (Å²) < 4.78 is 0. The number of non-ortho nitro benzene ring substituents is 1. The Balaban J connectivity index is 1.98. The Labute approximate surface area is 117 Å². The van der Waals surface area contributed by atoms with Gasteiger partial charge in [-0.2, -0.15) is 0 Å². The zero-order valence-electron chi connectivity index (χ0n) is 11.5. The van der Waals surface area contributed by atoms with Crippen molar-refractivity contribution < 1.29 is 9.72 Å². The van der Waals surface area contributed by atoms with E-state index in [9.17, 15) is 14.9 Å². The first-order valence-electron chi connectivity index (χ1n) is 6.78. The highest BCUT2D eigenvalue weighted by molar-refractivity contribution is 5.76. The number of hydrogen-bond donors (Lipinski definition) is 2. The fourth-order valence-corrected chi connectivity index (χ4v) is 2.67. The molecule has 6 nitrogen and oxygen atoms in total. The molecule has 1 aromatic carbocycles. The lowest BCUT2D eigenvalue weighted by atomic mass is 9.85. The topological polar surface area (TPSA) is 98.3 Å². The fraction of sp³-hybridized carbons (Fsp3) is 0.500. The van der Waals surface area contributed by atoms with Gasteiger partial charge in [-0.3, -0.25) is 14.9 Å². The number of nitrogens with zero attached hydrogens (tertiary/aromatic N) is 1. The molecular formula is C14H19N3O3. The lowest BCUT2D eigenvalue weighted by Gasteiger charge is -2.28. The first-order valence-corrected chi connectivity index (χ1v) is 6.78. The van der Waals surface area contributed by atoms with Crippen molar-refractivity contribution in [3.63, 3.8) is 0 Å². The van der Waals surface area contributed by atoms with E-state index in [1.165, 1.54) is 6.07 Å². The molecule has 20 heavy (non-hydrogen) atoms. The second kappa shape index (κ2) is 5.90. The van der Waals surface area contributed by atoms with Gasteiger partial charge in [0.2, 0.25) is 5.91 Å². The van der Waals surface area contributed by atoms with Gasteiger partial charge in [0.05, 0.1) is 4.92 Å². The summed E-state index contributed by atoms with van der Waals surface area (Å²) in [5.74, 6) is -0.221. The number of carbonyl (C=O) groups excluding carboxylic acids is 1. The third-order valence-electron chi connectivity index (χ3n) is 3.91. The quantitative estimate of drug-likeness (QED) is 0.652. The third kappa shape index (κ3) is 3.26. The number of hydrogen-bond acceptors (Lipinski definition) is 4. The second-order valence-electron chi connectivity index (χ2n) is 5.35. The molecule has 6 heteroatoms. The first kappa shape index (κ1) is 14.3. The molecule has 0 bridgehead atoms. The van der Waals surface area contributed by atoms with Crippen molar-refractivity contribution in [3.05, 3.63) is 33.9 Å². The van der Waals surface area contributed by atoms with E-state index in [0.717, 1.165) is 36.9 Å². The van der Waals surface area contributed by atoms with Gasteiger partial charge in [0.25, 0.3) is 5.69 Å². The Morgan fingerprint density at radius 1 is 1.35 bits per heavy atom. The van der Waals surface area contributed by atoms with Crippen LogP contribution in [0.5, 0.6) is 0 Å². The average molecular weight is 277 g/mol. The molecule has 108 valence electrons. The minimum atomic E-state index is -0.394. The van der Waals surface area contributed by atoms with E-state index in [1.54, 1.807) is 12.1 Å². The van der Waals surface area contributed by atoms with E-state index in [4.69, 9.17) is 5.73 Å². The molecule has 1 amide bonds. The standard InChI is InChI=1S/C14H19N3O3/c1-9-8-12(17(19)20)6-7-13(9)16-11-4-2-10(3-5-11)14(15)18/h6-8,10-11,16H,2-5H2,1H3,(H2,15,18). The van der Waals surface area contributed by atoms with Crippen LogP contribution in [0.25, 0.3) is 0 Å². The molecule has 1 fully saturated rings. The van der Waals surface area contributed by atoms with E-state index in [2.05, 4.69) is 5.32 Å². The van der Waals surface area contributed by atoms with Crippen molar-refractivity contribution in [1.82, 2.24) is 0 Å². The zero-order chi connectivity index (χ0) is 14.7. The highest BCUT2D eigenvalue weighted by Crippen LogP contribution is 2.28. The summed E-state index contributed by atoms with van der Waals surface area (Å²) in [4.78, 5) is 21.4. The maximum absolute atomic E-state index is 11.1. The van der Waals surface area contributed by atoms with Crippen LogP contribution in [0.2, 0.25) is 0 Å². The SMILES string of the molecule is Cc1cc([N+](=O)[O-])ccc1NC1CCC(C(N)=O)CC1. The summed E-state index contributed by atoms with van der Waals surface area (Å²) in [6.07, 6.45) is 3.39. The van der Waals surface area contributed by atoms with E-state index < -0.39 is 4.92 Å². The maximum Gasteiger partial charge on any atom is 0.269 e. The van der Waals surface area contributed by atoms with E-state index in [1.807, 2.05) is 6.92 Å². The molecule has 1 saturated carbocycles. The number of anilines is 1. The summed E-state index contributed by atoms with van der Waals surface area (Å²) in [5, 5.41) is 14.1. The van der Waals surface area contributed by atoms with Crippen LogP contribution in [0.15, 0.2) is 18.2 Å². The van der Waals surface area contributed by atoms with E-state index in [-0.39, 0.29) is 17.5 Å². The van der Waals surface area contributed by atoms with E-state index >= 15 is 0 Å². The molecule has 1 aliphatic rings. The lowest BCUT2D eigenvalue weighted by Crippen LogP contribution is -2.32. The van der Waals surface area contributed by atoms with Crippen molar-refractivity contribution in [1.29, 1.82) is 0 Å². The van der Waals surface area contributed by atoms with Crippen LogP contribution in [0, 0.1) is 23.0 Å². The van der Waals surface area contributed by atoms with Gasteiger partial charge in [-0.15, -0.1) is 0 Å². The van der Waals surface area contributed by atoms with Gasteiger partial charge < -0.3 is 11.1 Å². The number of carbonyl (C=O) groups is 1. The molecular weight excluding hydrogens is 258 g/mol. The van der Waals surface area contributed by atoms with Gasteiger partial charge in [-0.1, -0.05) is 0 Å². The summed E-state index contributed by atoms with van der Waals surface area (Å²) in [6.45, 7) is 1.85. The Morgan fingerprint density at radius 2 is 2.00 bits per heavy atom. The number of aryl methyl sites for hydroxylation is 1. The molecule has 0 saturated heterocycles. The number of benzene rings is 1. The molecule has 1 aliphatic carbocycles. The molecule has 0 spiro atoms. The highest BCUT2D eigenvalue weighted by Gasteiger charge is 2.24. The number of nitro groups is 1. The minimum Gasteiger partial charge on any atom is -0.382 e. The smallest absolute Gasteiger partial charge is 0.269 e. The average Bonchev–Trinajstić information content (AvgIpc) is 2.41. The summed E-state index contributed by atoms with van der Waals surface area (Å²) in [5.41, 5.74) is 7.19. The van der Waals surface area contributed by atoms with Gasteiger partial charge in [-0.25, -0.2) is 0 Å². The highest BCUT2D eigenvalue weighted by atomic mass is 16.6. The molecule has 0 aromatic heterocycles. The van der Waals surface area contributed by atoms with Crippen molar-refractivity contribution >= 4 is 17.3 Å². The first-order chi connectivity index (χ1) is 9.47. The number of amides is 1. The zero-order valence-corrected chi connectivity index (χ0v) is 11.5. The third-order valence-corrected chi connectivity index (χ3v) is 3.91. The summed E-state index contributed by atoms with van der Waals surface area (Å²) in [6, 6.07) is 5.11. The Kier molecular flexibility index (Phi) is 4.22. The van der Waals surface area contributed by atoms with Crippen LogP contribution in [-0.2, 0) is 4.79 Å². The predicted molar refractivity (Wildman–Crippen MR) is 76.4 cm³/mol. The Bertz CT molecular complexity index is 522. The largest absolute Gasteiger partial charge is 0.382 e. The predicted octanol–water partition coefficient (Wildman–Crippen LogP) is 2.36. The number of nitrogens with two attached hydrogens (primary N) is 1. The maximum atomic E-state index is 11.1. The van der Waals surface area contributed by atoms with Crippen LogP contribution in [0.3, 0.4) is 0 Å². The van der Waals surface area contributed by atoms with Crippen LogP contribution in [0.4, 0.5) is 11.4 Å². The number of nitro benzene ring substituents is 1. The van der Waals surface area contributed by atoms with Crippen molar-refractivity contribution in [2.75, 3.05) is 5.32 Å². The van der Waals surface area contributed by atoms with Crippen molar-refractivity contribution in [2.24, 2.45) is 11.7 Å². The van der Waals surface area contributed by atoms with E-state index in [0.29, 0.717) is 6.04 Å². The molecule has 0 unspecified atom stereocenters. The van der Waals surface area contributed by atoms with Crippen LogP contribution in [0.1, 0.15) is 31.2 Å². The van der Waals surface area contributed by atoms with Gasteiger partial charge in [0, 0.05) is 29.8 Å². The number of primary amides is 1. The van der Waals surface area contributed by atoms with Crippen LogP contribution < -0.4 is 11.1 Å². The minimum absolute atomic E-state index is 0.00833. The van der Waals surface area contributed by atoms with Crippen molar-refractivity contribution in [3.8, 4) is 0 Å². The van der Waals surface area contributed by atoms with Gasteiger partial charge >= 0.3 is 0 Å². The molecule has 2 rings (SSSR count). The molecule has 0 radical (unpaired) electrons. The van der Waals surface area contributed by atoms with Crippen LogP contribution >= 0.6 is 0 Å². The monoisotopic (exact) mass is 277 g/mol. The number of rotatable bonds is 4. The molecule has 0 heterocycles. The molecule has 1 aromatic rings. The summed E-state index contributed by atoms with van der Waals surface area (Å²) in [7, 11) is 0. The Morgan fingerprint density at radius 3 is 2.50 bits per heavy atom. The normalized spacial score (nSPS) is 22.2. The fourth-order valence-electron chi connectivity index (χ4n) is 2.67. The Hall–Kier alpha value is -2.11. The van der Waals surface area contributed by atoms with Gasteiger partial charge in [-0.05, 0) is 44.2 Å². The molecule has 3 N–H and O–H groups in total. The van der Waals surface area contributed by atoms with Gasteiger partial charge in [0.15, 0.2) is 0 Å². The summed E-state index contributed by atoms with van der Waals surface area (Å²) >= 11 is 0. The van der Waals surface area contributed by atoms with Crippen LogP contribution in [-0.4, -0.2) is 16.9 Å². The second-order valence-corrected chi connectivity index (χ2v) is 5.35.